The molecule has 0 saturated carbocycles. The van der Waals surface area contributed by atoms with Crippen molar-refractivity contribution in [1.82, 2.24) is 5.32 Å². The molecule has 0 aliphatic carbocycles. The van der Waals surface area contributed by atoms with Gasteiger partial charge in [-0.15, -0.1) is 0 Å². The molecule has 5 nitrogen and oxygen atoms in total. The standard InChI is InChI=1S/C24H20Cl3F3N2O3S2/c25-20-7-4-8-21(26)18(20)15-36-12-11-31-23(33)14-32(37(34,35)17-5-2-1-3-6-17)16-9-10-22(27)19(13-16)24(28,29)30/h1-10,13H,11-12,14-15H2,(H,31,33). The third-order valence-electron chi connectivity index (χ3n) is 5.04. The number of rotatable bonds is 10. The second-order valence-electron chi connectivity index (χ2n) is 7.59. The van der Waals surface area contributed by atoms with Gasteiger partial charge < -0.3 is 5.32 Å². The fourth-order valence-corrected chi connectivity index (χ4v) is 6.47. The summed E-state index contributed by atoms with van der Waals surface area (Å²) in [6.07, 6.45) is -4.82. The number of nitrogens with zero attached hydrogens (tertiary/aromatic N) is 1. The molecule has 0 spiro atoms. The molecule has 1 N–H and O–H groups in total. The lowest BCUT2D eigenvalue weighted by Gasteiger charge is -2.25. The van der Waals surface area contributed by atoms with Gasteiger partial charge in [-0.05, 0) is 48.0 Å². The van der Waals surface area contributed by atoms with Gasteiger partial charge in [0.25, 0.3) is 10.0 Å². The van der Waals surface area contributed by atoms with E-state index in [0.29, 0.717) is 31.9 Å². The highest BCUT2D eigenvalue weighted by Gasteiger charge is 2.35. The van der Waals surface area contributed by atoms with Crippen LogP contribution in [0.5, 0.6) is 0 Å². The van der Waals surface area contributed by atoms with Crippen LogP contribution >= 0.6 is 46.6 Å². The van der Waals surface area contributed by atoms with Crippen molar-refractivity contribution in [1.29, 1.82) is 0 Å². The zero-order chi connectivity index (χ0) is 27.2. The lowest BCUT2D eigenvalue weighted by atomic mass is 10.2. The SMILES string of the molecule is O=C(CN(c1ccc(Cl)c(C(F)(F)F)c1)S(=O)(=O)c1ccccc1)NCCSCc1c(Cl)cccc1Cl. The third kappa shape index (κ3) is 7.70. The van der Waals surface area contributed by atoms with Gasteiger partial charge in [-0.1, -0.05) is 59.1 Å². The lowest BCUT2D eigenvalue weighted by Crippen LogP contribution is -2.41. The average molecular weight is 612 g/mol. The minimum absolute atomic E-state index is 0.180. The van der Waals surface area contributed by atoms with Crippen molar-refractivity contribution in [2.45, 2.75) is 16.8 Å². The Kier molecular flexibility index (Phi) is 10.0. The first-order chi connectivity index (χ1) is 17.4. The molecule has 0 heterocycles. The lowest BCUT2D eigenvalue weighted by molar-refractivity contribution is -0.137. The molecule has 0 aliphatic heterocycles. The van der Waals surface area contributed by atoms with Gasteiger partial charge in [-0.3, -0.25) is 9.10 Å². The van der Waals surface area contributed by atoms with Gasteiger partial charge in [-0.25, -0.2) is 8.42 Å². The Hall–Kier alpha value is -2.11. The van der Waals surface area contributed by atoms with E-state index in [1.54, 1.807) is 24.3 Å². The fraction of sp³-hybridized carbons (Fsp3) is 0.208. The number of sulfonamides is 1. The number of amides is 1. The monoisotopic (exact) mass is 610 g/mol. The Bertz CT molecular complexity index is 1340. The van der Waals surface area contributed by atoms with Crippen LogP contribution in [-0.4, -0.2) is 33.2 Å². The zero-order valence-electron chi connectivity index (χ0n) is 18.9. The second kappa shape index (κ2) is 12.6. The number of carbonyl (C=O) groups is 1. The summed E-state index contributed by atoms with van der Waals surface area (Å²) < 4.78 is 67.6. The fourth-order valence-electron chi connectivity index (χ4n) is 3.21. The normalized spacial score (nSPS) is 11.8. The molecule has 0 aliphatic rings. The largest absolute Gasteiger partial charge is 0.417 e. The molecular weight excluding hydrogens is 592 g/mol. The van der Waals surface area contributed by atoms with Crippen molar-refractivity contribution >= 4 is 68.2 Å². The van der Waals surface area contributed by atoms with Crippen LogP contribution in [-0.2, 0) is 26.7 Å². The average Bonchev–Trinajstić information content (AvgIpc) is 2.84. The maximum atomic E-state index is 13.4. The Labute approximate surface area is 231 Å². The van der Waals surface area contributed by atoms with Crippen LogP contribution in [0.4, 0.5) is 18.9 Å². The minimum atomic E-state index is -4.82. The highest BCUT2D eigenvalue weighted by Crippen LogP contribution is 2.38. The summed E-state index contributed by atoms with van der Waals surface area (Å²) in [5.74, 6) is 0.255. The summed E-state index contributed by atoms with van der Waals surface area (Å²) in [5.41, 5.74) is -0.807. The molecule has 0 atom stereocenters. The van der Waals surface area contributed by atoms with E-state index in [2.05, 4.69) is 5.32 Å². The number of benzene rings is 3. The molecule has 3 rings (SSSR count). The summed E-state index contributed by atoms with van der Waals surface area (Å²) in [5, 5.41) is 3.05. The summed E-state index contributed by atoms with van der Waals surface area (Å²) in [7, 11) is -4.38. The zero-order valence-corrected chi connectivity index (χ0v) is 22.8. The van der Waals surface area contributed by atoms with Crippen LogP contribution in [0, 0.1) is 0 Å². The topological polar surface area (TPSA) is 66.5 Å². The maximum absolute atomic E-state index is 13.4. The van der Waals surface area contributed by atoms with E-state index in [-0.39, 0.29) is 17.1 Å². The first-order valence-corrected chi connectivity index (χ1v) is 14.4. The van der Waals surface area contributed by atoms with E-state index < -0.39 is 39.2 Å². The van der Waals surface area contributed by atoms with Crippen molar-refractivity contribution in [2.24, 2.45) is 0 Å². The summed E-state index contributed by atoms with van der Waals surface area (Å²) >= 11 is 19.4. The van der Waals surface area contributed by atoms with Gasteiger partial charge in [-0.2, -0.15) is 24.9 Å². The summed E-state index contributed by atoms with van der Waals surface area (Å²) in [6, 6.07) is 14.9. The number of anilines is 1. The predicted octanol–water partition coefficient (Wildman–Crippen LogP) is 6.91. The summed E-state index contributed by atoms with van der Waals surface area (Å²) in [4.78, 5) is 12.5. The molecule has 198 valence electrons. The number of carbonyl (C=O) groups excluding carboxylic acids is 1. The van der Waals surface area contributed by atoms with Crippen molar-refractivity contribution in [2.75, 3.05) is 23.1 Å². The molecule has 0 radical (unpaired) electrons. The van der Waals surface area contributed by atoms with E-state index in [9.17, 15) is 26.4 Å². The molecule has 0 fully saturated rings. The van der Waals surface area contributed by atoms with Gasteiger partial charge in [0.15, 0.2) is 0 Å². The smallest absolute Gasteiger partial charge is 0.354 e. The van der Waals surface area contributed by atoms with E-state index in [0.717, 1.165) is 17.7 Å². The maximum Gasteiger partial charge on any atom is 0.417 e. The number of hydrogen-bond acceptors (Lipinski definition) is 4. The number of thioether (sulfide) groups is 1. The third-order valence-corrected chi connectivity index (χ3v) is 8.85. The highest BCUT2D eigenvalue weighted by molar-refractivity contribution is 7.98. The van der Waals surface area contributed by atoms with E-state index in [1.807, 2.05) is 0 Å². The first kappa shape index (κ1) is 29.4. The Morgan fingerprint density at radius 3 is 2.19 bits per heavy atom. The number of alkyl halides is 3. The molecule has 0 aromatic heterocycles. The van der Waals surface area contributed by atoms with Crippen molar-refractivity contribution in [3.05, 3.63) is 92.9 Å². The minimum Gasteiger partial charge on any atom is -0.354 e. The van der Waals surface area contributed by atoms with Crippen LogP contribution in [0.25, 0.3) is 0 Å². The van der Waals surface area contributed by atoms with E-state index >= 15 is 0 Å². The van der Waals surface area contributed by atoms with Crippen LogP contribution in [0.1, 0.15) is 11.1 Å². The van der Waals surface area contributed by atoms with E-state index in [1.165, 1.54) is 36.0 Å². The van der Waals surface area contributed by atoms with Gasteiger partial charge in [0.1, 0.15) is 6.54 Å². The molecule has 3 aromatic rings. The summed E-state index contributed by atoms with van der Waals surface area (Å²) in [6.45, 7) is -0.559. The Morgan fingerprint density at radius 1 is 0.919 bits per heavy atom. The molecule has 0 unspecified atom stereocenters. The molecule has 13 heteroatoms. The first-order valence-electron chi connectivity index (χ1n) is 10.6. The van der Waals surface area contributed by atoms with Gasteiger partial charge in [0.2, 0.25) is 5.91 Å². The van der Waals surface area contributed by atoms with Crippen molar-refractivity contribution in [3.8, 4) is 0 Å². The quantitative estimate of drug-likeness (QED) is 0.253. The van der Waals surface area contributed by atoms with Gasteiger partial charge in [0, 0.05) is 28.1 Å². The Morgan fingerprint density at radius 2 is 1.57 bits per heavy atom. The van der Waals surface area contributed by atoms with Crippen molar-refractivity contribution in [3.63, 3.8) is 0 Å². The van der Waals surface area contributed by atoms with Crippen LogP contribution in [0.2, 0.25) is 15.1 Å². The molecule has 0 bridgehead atoms. The predicted molar refractivity (Wildman–Crippen MR) is 143 cm³/mol. The number of nitrogens with one attached hydrogen (secondary N) is 1. The van der Waals surface area contributed by atoms with Crippen molar-refractivity contribution < 1.29 is 26.4 Å². The van der Waals surface area contributed by atoms with Crippen LogP contribution < -0.4 is 9.62 Å². The highest BCUT2D eigenvalue weighted by atomic mass is 35.5. The Balaban J connectivity index is 1.75. The molecule has 3 aromatic carbocycles. The van der Waals surface area contributed by atoms with Crippen LogP contribution in [0.15, 0.2) is 71.6 Å². The number of hydrogen-bond donors (Lipinski definition) is 1. The molecule has 1 amide bonds. The van der Waals surface area contributed by atoms with Crippen LogP contribution in [0.3, 0.4) is 0 Å². The number of halogens is 6. The molecular formula is C24H20Cl3F3N2O3S2. The van der Waals surface area contributed by atoms with Gasteiger partial charge in [0.05, 0.1) is 21.2 Å². The molecule has 0 saturated heterocycles. The van der Waals surface area contributed by atoms with Gasteiger partial charge >= 0.3 is 6.18 Å². The second-order valence-corrected chi connectivity index (χ2v) is 11.8. The molecule has 37 heavy (non-hydrogen) atoms. The van der Waals surface area contributed by atoms with E-state index in [4.69, 9.17) is 34.8 Å².